The molecular weight excluding hydrogens is 323 g/mol. The topological polar surface area (TPSA) is 70.5 Å². The Morgan fingerprint density at radius 3 is 2.52 bits per heavy atom. The number of ketones is 1. The smallest absolute Gasteiger partial charge is 0.295 e. The van der Waals surface area contributed by atoms with Gasteiger partial charge < -0.3 is 10.0 Å². The number of aromatic nitrogens is 1. The number of aliphatic hydroxyl groups is 1. The number of hydrogen-bond donors (Lipinski definition) is 1. The minimum atomic E-state index is -0.950. The highest BCUT2D eigenvalue weighted by Crippen LogP contribution is 2.40. The Morgan fingerprint density at radius 1 is 1.20 bits per heavy atom. The van der Waals surface area contributed by atoms with Crippen LogP contribution in [0.4, 0.5) is 4.39 Å². The van der Waals surface area contributed by atoms with E-state index in [2.05, 4.69) is 4.98 Å². The Balaban J connectivity index is 2.22. The summed E-state index contributed by atoms with van der Waals surface area (Å²) in [5, 5.41) is 10.6. The number of carbonyl (C=O) groups is 2. The van der Waals surface area contributed by atoms with Gasteiger partial charge in [0.2, 0.25) is 0 Å². The molecule has 3 rings (SSSR count). The first-order valence-corrected chi connectivity index (χ1v) is 7.99. The summed E-state index contributed by atoms with van der Waals surface area (Å²) in [4.78, 5) is 30.2. The molecule has 6 heteroatoms. The molecule has 1 fully saturated rings. The minimum Gasteiger partial charge on any atom is -0.507 e. The van der Waals surface area contributed by atoms with Gasteiger partial charge in [0.1, 0.15) is 11.6 Å². The maximum absolute atomic E-state index is 14.4. The van der Waals surface area contributed by atoms with E-state index in [9.17, 15) is 19.1 Å². The first-order valence-electron chi connectivity index (χ1n) is 7.99. The number of nitrogens with zero attached hydrogens (tertiary/aromatic N) is 2. The molecule has 128 valence electrons. The summed E-state index contributed by atoms with van der Waals surface area (Å²) in [6, 6.07) is 8.07. The second kappa shape index (κ2) is 6.84. The van der Waals surface area contributed by atoms with E-state index in [0.717, 1.165) is 0 Å². The van der Waals surface area contributed by atoms with Crippen molar-refractivity contribution in [1.29, 1.82) is 0 Å². The zero-order chi connectivity index (χ0) is 18.0. The number of pyridine rings is 1. The zero-order valence-corrected chi connectivity index (χ0v) is 13.6. The van der Waals surface area contributed by atoms with Gasteiger partial charge in [0.15, 0.2) is 0 Å². The highest BCUT2D eigenvalue weighted by Gasteiger charge is 2.46. The number of hydrogen-bond acceptors (Lipinski definition) is 4. The third-order valence-corrected chi connectivity index (χ3v) is 4.16. The predicted molar refractivity (Wildman–Crippen MR) is 89.9 cm³/mol. The molecule has 0 radical (unpaired) electrons. The molecule has 25 heavy (non-hydrogen) atoms. The van der Waals surface area contributed by atoms with E-state index >= 15 is 0 Å². The fourth-order valence-electron chi connectivity index (χ4n) is 3.04. The second-order valence-electron chi connectivity index (χ2n) is 5.75. The van der Waals surface area contributed by atoms with Crippen LogP contribution in [0.3, 0.4) is 0 Å². The summed E-state index contributed by atoms with van der Waals surface area (Å²) in [6.45, 7) is 2.15. The van der Waals surface area contributed by atoms with Crippen LogP contribution < -0.4 is 0 Å². The van der Waals surface area contributed by atoms with Gasteiger partial charge in [0, 0.05) is 30.1 Å². The number of benzene rings is 1. The summed E-state index contributed by atoms with van der Waals surface area (Å²) in [7, 11) is 0. The number of carbonyl (C=O) groups excluding carboxylic acids is 2. The molecule has 1 aliphatic heterocycles. The molecule has 1 aliphatic rings. The molecule has 0 bridgehead atoms. The summed E-state index contributed by atoms with van der Waals surface area (Å²) in [5.74, 6) is -2.40. The van der Waals surface area contributed by atoms with E-state index in [4.69, 9.17) is 0 Å². The molecule has 1 aromatic heterocycles. The molecule has 5 nitrogen and oxygen atoms in total. The molecule has 2 heterocycles. The van der Waals surface area contributed by atoms with Crippen LogP contribution in [-0.4, -0.2) is 33.2 Å². The van der Waals surface area contributed by atoms with Crippen molar-refractivity contribution in [2.24, 2.45) is 0 Å². The third-order valence-electron chi connectivity index (χ3n) is 4.16. The van der Waals surface area contributed by atoms with Crippen molar-refractivity contribution < 1.29 is 19.1 Å². The van der Waals surface area contributed by atoms with Gasteiger partial charge in [-0.25, -0.2) is 4.39 Å². The Hall–Kier alpha value is -3.02. The number of amides is 1. The number of Topliss-reactive ketones (excluding diaryl/α,β-unsaturated/α-hetero) is 1. The van der Waals surface area contributed by atoms with Gasteiger partial charge in [0.25, 0.3) is 11.7 Å². The van der Waals surface area contributed by atoms with Crippen LogP contribution in [-0.2, 0) is 9.59 Å². The third kappa shape index (κ3) is 2.91. The van der Waals surface area contributed by atoms with Crippen LogP contribution in [0.2, 0.25) is 0 Å². The lowest BCUT2D eigenvalue weighted by Gasteiger charge is -2.25. The lowest BCUT2D eigenvalue weighted by Crippen LogP contribution is -2.30. The van der Waals surface area contributed by atoms with Crippen LogP contribution in [0.1, 0.15) is 30.5 Å². The Labute approximate surface area is 144 Å². The van der Waals surface area contributed by atoms with E-state index in [1.807, 2.05) is 6.92 Å². The standard InChI is InChI=1S/C19H17FN2O3/c1-2-11-22-16(13-5-3-4-6-14(13)20)15(18(24)19(22)25)17(23)12-7-9-21-10-8-12/h3-10,16,23H,2,11H2,1H3/b17-15-. The van der Waals surface area contributed by atoms with Crippen molar-refractivity contribution in [3.8, 4) is 0 Å². The van der Waals surface area contributed by atoms with Gasteiger partial charge in [-0.2, -0.15) is 0 Å². The quantitative estimate of drug-likeness (QED) is 0.528. The molecule has 0 saturated carbocycles. The van der Waals surface area contributed by atoms with Crippen molar-refractivity contribution in [1.82, 2.24) is 9.88 Å². The van der Waals surface area contributed by atoms with Gasteiger partial charge >= 0.3 is 0 Å². The molecule has 0 aliphatic carbocycles. The van der Waals surface area contributed by atoms with Gasteiger partial charge in [0.05, 0.1) is 11.6 Å². The van der Waals surface area contributed by atoms with Gasteiger partial charge in [-0.1, -0.05) is 25.1 Å². The average Bonchev–Trinajstić information content (AvgIpc) is 2.87. The monoisotopic (exact) mass is 340 g/mol. The van der Waals surface area contributed by atoms with Crippen LogP contribution >= 0.6 is 0 Å². The Kier molecular flexibility index (Phi) is 4.61. The molecule has 1 amide bonds. The number of likely N-dealkylation sites (tertiary alicyclic amines) is 1. The van der Waals surface area contributed by atoms with Crippen molar-refractivity contribution in [3.63, 3.8) is 0 Å². The zero-order valence-electron chi connectivity index (χ0n) is 13.6. The maximum atomic E-state index is 14.4. The van der Waals surface area contributed by atoms with E-state index < -0.39 is 23.5 Å². The molecule has 0 spiro atoms. The molecule has 1 atom stereocenters. The van der Waals surface area contributed by atoms with Crippen LogP contribution in [0.25, 0.3) is 5.76 Å². The summed E-state index contributed by atoms with van der Waals surface area (Å²) >= 11 is 0. The molecule has 1 N–H and O–H groups in total. The van der Waals surface area contributed by atoms with Gasteiger partial charge in [-0.05, 0) is 24.6 Å². The normalized spacial score (nSPS) is 19.4. The van der Waals surface area contributed by atoms with E-state index in [1.165, 1.54) is 47.6 Å². The van der Waals surface area contributed by atoms with Crippen molar-refractivity contribution in [2.75, 3.05) is 6.54 Å². The molecule has 1 saturated heterocycles. The summed E-state index contributed by atoms with van der Waals surface area (Å²) in [6.07, 6.45) is 3.54. The summed E-state index contributed by atoms with van der Waals surface area (Å²) in [5.41, 5.74) is 0.436. The van der Waals surface area contributed by atoms with Crippen LogP contribution in [0.15, 0.2) is 54.4 Å². The van der Waals surface area contributed by atoms with Crippen molar-refractivity contribution in [2.45, 2.75) is 19.4 Å². The lowest BCUT2D eigenvalue weighted by molar-refractivity contribution is -0.139. The van der Waals surface area contributed by atoms with E-state index in [0.29, 0.717) is 12.0 Å². The van der Waals surface area contributed by atoms with Gasteiger partial charge in [-0.15, -0.1) is 0 Å². The largest absolute Gasteiger partial charge is 0.507 e. The maximum Gasteiger partial charge on any atom is 0.295 e. The van der Waals surface area contributed by atoms with Crippen LogP contribution in [0.5, 0.6) is 0 Å². The highest BCUT2D eigenvalue weighted by molar-refractivity contribution is 6.46. The Morgan fingerprint density at radius 2 is 1.88 bits per heavy atom. The summed E-state index contributed by atoms with van der Waals surface area (Å²) < 4.78 is 14.4. The highest BCUT2D eigenvalue weighted by atomic mass is 19.1. The number of rotatable bonds is 4. The fourth-order valence-corrected chi connectivity index (χ4v) is 3.04. The Bertz CT molecular complexity index is 849. The van der Waals surface area contributed by atoms with Gasteiger partial charge in [-0.3, -0.25) is 14.6 Å². The average molecular weight is 340 g/mol. The number of aliphatic hydroxyl groups excluding tert-OH is 1. The lowest BCUT2D eigenvalue weighted by atomic mass is 9.95. The predicted octanol–water partition coefficient (Wildman–Crippen LogP) is 3.05. The van der Waals surface area contributed by atoms with E-state index in [1.54, 1.807) is 6.07 Å². The molecule has 2 aromatic rings. The first kappa shape index (κ1) is 16.8. The second-order valence-corrected chi connectivity index (χ2v) is 5.75. The molecular formula is C19H17FN2O3. The van der Waals surface area contributed by atoms with Crippen LogP contribution in [0, 0.1) is 5.82 Å². The van der Waals surface area contributed by atoms with Crippen molar-refractivity contribution >= 4 is 17.4 Å². The number of halogens is 1. The minimum absolute atomic E-state index is 0.102. The van der Waals surface area contributed by atoms with Crippen molar-refractivity contribution in [3.05, 3.63) is 71.3 Å². The molecule has 1 unspecified atom stereocenters. The fraction of sp³-hybridized carbons (Fsp3) is 0.211. The first-order chi connectivity index (χ1) is 12.1. The molecule has 1 aromatic carbocycles. The SMILES string of the molecule is CCCN1C(=O)C(=O)/C(=C(\O)c2ccncc2)C1c1ccccc1F. The van der Waals surface area contributed by atoms with E-state index in [-0.39, 0.29) is 23.4 Å².